The Morgan fingerprint density at radius 3 is 2.75 bits per heavy atom. The quantitative estimate of drug-likeness (QED) is 0.828. The predicted molar refractivity (Wildman–Crippen MR) is 73.6 cm³/mol. The SMILES string of the molecule is CCCN(CCNC)Cc1cccc(Br)c1. The molecule has 1 rings (SSSR count). The minimum Gasteiger partial charge on any atom is -0.318 e. The number of hydrogen-bond acceptors (Lipinski definition) is 2. The number of halogens is 1. The molecule has 1 aromatic carbocycles. The highest BCUT2D eigenvalue weighted by Crippen LogP contribution is 2.13. The molecule has 0 aliphatic rings. The summed E-state index contributed by atoms with van der Waals surface area (Å²) in [7, 11) is 2.00. The first-order valence-electron chi connectivity index (χ1n) is 5.87. The maximum absolute atomic E-state index is 3.51. The molecule has 0 spiro atoms. The Bertz CT molecular complexity index is 302. The van der Waals surface area contributed by atoms with Crippen molar-refractivity contribution in [3.05, 3.63) is 34.3 Å². The molecule has 0 unspecified atom stereocenters. The van der Waals surface area contributed by atoms with Crippen LogP contribution in [-0.2, 0) is 6.54 Å². The van der Waals surface area contributed by atoms with Crippen LogP contribution >= 0.6 is 15.9 Å². The molecule has 0 saturated heterocycles. The topological polar surface area (TPSA) is 15.3 Å². The fourth-order valence-electron chi connectivity index (χ4n) is 1.75. The second-order valence-corrected chi connectivity index (χ2v) is 4.93. The lowest BCUT2D eigenvalue weighted by atomic mass is 10.2. The standard InChI is InChI=1S/C13H21BrN2/c1-3-8-16(9-7-15-2)11-12-5-4-6-13(14)10-12/h4-6,10,15H,3,7-9,11H2,1-2H3. The summed E-state index contributed by atoms with van der Waals surface area (Å²) in [6.07, 6.45) is 1.21. The van der Waals surface area contributed by atoms with Crippen molar-refractivity contribution in [2.45, 2.75) is 19.9 Å². The third kappa shape index (κ3) is 5.10. The van der Waals surface area contributed by atoms with Gasteiger partial charge in [-0.15, -0.1) is 0 Å². The molecule has 3 heteroatoms. The van der Waals surface area contributed by atoms with Gasteiger partial charge in [0.1, 0.15) is 0 Å². The fraction of sp³-hybridized carbons (Fsp3) is 0.538. The monoisotopic (exact) mass is 284 g/mol. The zero-order chi connectivity index (χ0) is 11.8. The van der Waals surface area contributed by atoms with Crippen LogP contribution in [0.5, 0.6) is 0 Å². The molecule has 16 heavy (non-hydrogen) atoms. The lowest BCUT2D eigenvalue weighted by molar-refractivity contribution is 0.268. The van der Waals surface area contributed by atoms with Crippen LogP contribution in [0, 0.1) is 0 Å². The molecule has 0 aliphatic carbocycles. The van der Waals surface area contributed by atoms with Gasteiger partial charge in [0.2, 0.25) is 0 Å². The van der Waals surface area contributed by atoms with E-state index < -0.39 is 0 Å². The summed E-state index contributed by atoms with van der Waals surface area (Å²) in [5.41, 5.74) is 1.37. The average molecular weight is 285 g/mol. The van der Waals surface area contributed by atoms with E-state index in [0.29, 0.717) is 0 Å². The summed E-state index contributed by atoms with van der Waals surface area (Å²) in [5, 5.41) is 3.20. The molecule has 0 bridgehead atoms. The van der Waals surface area contributed by atoms with E-state index >= 15 is 0 Å². The third-order valence-corrected chi connectivity index (χ3v) is 3.01. The highest BCUT2D eigenvalue weighted by atomic mass is 79.9. The third-order valence-electron chi connectivity index (χ3n) is 2.51. The molecule has 0 atom stereocenters. The number of nitrogens with one attached hydrogen (secondary N) is 1. The van der Waals surface area contributed by atoms with Gasteiger partial charge in [-0.1, -0.05) is 35.0 Å². The van der Waals surface area contributed by atoms with Gasteiger partial charge in [-0.25, -0.2) is 0 Å². The molecular formula is C13H21BrN2. The van der Waals surface area contributed by atoms with E-state index in [-0.39, 0.29) is 0 Å². The number of rotatable bonds is 7. The largest absolute Gasteiger partial charge is 0.318 e. The van der Waals surface area contributed by atoms with Gasteiger partial charge >= 0.3 is 0 Å². The highest BCUT2D eigenvalue weighted by Gasteiger charge is 2.04. The van der Waals surface area contributed by atoms with Crippen molar-refractivity contribution in [1.29, 1.82) is 0 Å². The summed E-state index contributed by atoms with van der Waals surface area (Å²) in [6, 6.07) is 8.55. The van der Waals surface area contributed by atoms with Crippen LogP contribution < -0.4 is 5.32 Å². The Hall–Kier alpha value is -0.380. The van der Waals surface area contributed by atoms with Gasteiger partial charge in [0, 0.05) is 24.1 Å². The zero-order valence-electron chi connectivity index (χ0n) is 10.2. The van der Waals surface area contributed by atoms with Crippen molar-refractivity contribution in [2.24, 2.45) is 0 Å². The van der Waals surface area contributed by atoms with Crippen molar-refractivity contribution >= 4 is 15.9 Å². The van der Waals surface area contributed by atoms with Crippen LogP contribution in [0.15, 0.2) is 28.7 Å². The van der Waals surface area contributed by atoms with Crippen LogP contribution in [0.2, 0.25) is 0 Å². The summed E-state index contributed by atoms with van der Waals surface area (Å²) in [4.78, 5) is 2.48. The zero-order valence-corrected chi connectivity index (χ0v) is 11.8. The second kappa shape index (κ2) is 7.82. The van der Waals surface area contributed by atoms with Gasteiger partial charge in [-0.2, -0.15) is 0 Å². The van der Waals surface area contributed by atoms with Crippen LogP contribution in [0.1, 0.15) is 18.9 Å². The summed E-state index contributed by atoms with van der Waals surface area (Å²) >= 11 is 3.51. The molecule has 0 aliphatic heterocycles. The number of hydrogen-bond donors (Lipinski definition) is 1. The average Bonchev–Trinajstić information content (AvgIpc) is 2.26. The Morgan fingerprint density at radius 2 is 2.12 bits per heavy atom. The molecule has 2 nitrogen and oxygen atoms in total. The Labute approximate surface area is 107 Å². The Kier molecular flexibility index (Phi) is 6.69. The first-order valence-corrected chi connectivity index (χ1v) is 6.67. The minimum absolute atomic E-state index is 1.04. The molecule has 0 saturated carbocycles. The smallest absolute Gasteiger partial charge is 0.0234 e. The number of likely N-dealkylation sites (N-methyl/N-ethyl adjacent to an activating group) is 1. The normalized spacial score (nSPS) is 11.0. The summed E-state index contributed by atoms with van der Waals surface area (Å²) < 4.78 is 1.16. The van der Waals surface area contributed by atoms with Crippen LogP contribution in [0.4, 0.5) is 0 Å². The maximum atomic E-state index is 3.51. The molecule has 0 aromatic heterocycles. The molecule has 0 amide bonds. The predicted octanol–water partition coefficient (Wildman–Crippen LogP) is 2.88. The molecule has 90 valence electrons. The first kappa shape index (κ1) is 13.7. The minimum atomic E-state index is 1.04. The van der Waals surface area contributed by atoms with Crippen molar-refractivity contribution in [2.75, 3.05) is 26.7 Å². The van der Waals surface area contributed by atoms with Crippen molar-refractivity contribution in [1.82, 2.24) is 10.2 Å². The van der Waals surface area contributed by atoms with E-state index in [1.54, 1.807) is 0 Å². The van der Waals surface area contributed by atoms with E-state index in [0.717, 1.165) is 30.7 Å². The lowest BCUT2D eigenvalue weighted by Gasteiger charge is -2.21. The van der Waals surface area contributed by atoms with E-state index in [9.17, 15) is 0 Å². The van der Waals surface area contributed by atoms with E-state index in [1.165, 1.54) is 12.0 Å². The van der Waals surface area contributed by atoms with E-state index in [2.05, 4.69) is 57.3 Å². The van der Waals surface area contributed by atoms with Gasteiger partial charge in [-0.3, -0.25) is 4.90 Å². The lowest BCUT2D eigenvalue weighted by Crippen LogP contribution is -2.31. The highest BCUT2D eigenvalue weighted by molar-refractivity contribution is 9.10. The van der Waals surface area contributed by atoms with E-state index in [4.69, 9.17) is 0 Å². The van der Waals surface area contributed by atoms with Crippen molar-refractivity contribution in [3.8, 4) is 0 Å². The van der Waals surface area contributed by atoms with Crippen LogP contribution in [-0.4, -0.2) is 31.6 Å². The Balaban J connectivity index is 2.52. The molecule has 1 aromatic rings. The molecule has 0 heterocycles. The van der Waals surface area contributed by atoms with Gasteiger partial charge in [0.15, 0.2) is 0 Å². The van der Waals surface area contributed by atoms with Gasteiger partial charge in [0.05, 0.1) is 0 Å². The number of nitrogens with zero attached hydrogens (tertiary/aromatic N) is 1. The van der Waals surface area contributed by atoms with Crippen LogP contribution in [0.25, 0.3) is 0 Å². The second-order valence-electron chi connectivity index (χ2n) is 4.01. The van der Waals surface area contributed by atoms with Gasteiger partial charge < -0.3 is 5.32 Å². The van der Waals surface area contributed by atoms with Gasteiger partial charge in [-0.05, 0) is 37.7 Å². The van der Waals surface area contributed by atoms with E-state index in [1.807, 2.05) is 7.05 Å². The van der Waals surface area contributed by atoms with Crippen molar-refractivity contribution < 1.29 is 0 Å². The summed E-state index contributed by atoms with van der Waals surface area (Å²) in [5.74, 6) is 0. The van der Waals surface area contributed by atoms with Crippen LogP contribution in [0.3, 0.4) is 0 Å². The number of benzene rings is 1. The van der Waals surface area contributed by atoms with Crippen molar-refractivity contribution in [3.63, 3.8) is 0 Å². The first-order chi connectivity index (χ1) is 7.76. The molecule has 0 fully saturated rings. The summed E-state index contributed by atoms with van der Waals surface area (Å²) in [6.45, 7) is 6.58. The fourth-order valence-corrected chi connectivity index (χ4v) is 2.20. The molecule has 1 N–H and O–H groups in total. The Morgan fingerprint density at radius 1 is 1.31 bits per heavy atom. The maximum Gasteiger partial charge on any atom is 0.0234 e. The molecular weight excluding hydrogens is 264 g/mol. The molecule has 0 radical (unpaired) electrons. The van der Waals surface area contributed by atoms with Gasteiger partial charge in [0.25, 0.3) is 0 Å².